The highest BCUT2D eigenvalue weighted by Gasteiger charge is 2.34. The van der Waals surface area contributed by atoms with Crippen LogP contribution in [0, 0.1) is 0 Å². The molecule has 0 spiro atoms. The second kappa shape index (κ2) is 4.39. The van der Waals surface area contributed by atoms with E-state index >= 15 is 0 Å². The minimum Gasteiger partial charge on any atom is -0.302 e. The van der Waals surface area contributed by atoms with Crippen molar-refractivity contribution in [1.82, 2.24) is 5.48 Å². The van der Waals surface area contributed by atoms with Crippen molar-refractivity contribution < 1.29 is 13.3 Å². The van der Waals surface area contributed by atoms with Gasteiger partial charge in [0.15, 0.2) is 9.84 Å². The third-order valence-electron chi connectivity index (χ3n) is 2.38. The van der Waals surface area contributed by atoms with Gasteiger partial charge in [-0.15, -0.1) is 0 Å². The normalized spacial score (nSPS) is 29.4. The summed E-state index contributed by atoms with van der Waals surface area (Å²) < 4.78 is 22.6. The van der Waals surface area contributed by atoms with Gasteiger partial charge in [0.25, 0.3) is 0 Å². The summed E-state index contributed by atoms with van der Waals surface area (Å²) in [6.07, 6.45) is 3.90. The summed E-state index contributed by atoms with van der Waals surface area (Å²) in [6.45, 7) is 2.43. The van der Waals surface area contributed by atoms with Gasteiger partial charge in [-0.1, -0.05) is 6.42 Å². The van der Waals surface area contributed by atoms with Crippen LogP contribution in [0.2, 0.25) is 0 Å². The van der Waals surface area contributed by atoms with E-state index in [4.69, 9.17) is 4.84 Å². The van der Waals surface area contributed by atoms with Crippen molar-refractivity contribution in [3.05, 3.63) is 0 Å². The van der Waals surface area contributed by atoms with Crippen LogP contribution in [0.15, 0.2) is 0 Å². The molecule has 78 valence electrons. The summed E-state index contributed by atoms with van der Waals surface area (Å²) in [5.74, 6) is 0. The van der Waals surface area contributed by atoms with E-state index in [0.29, 0.717) is 6.61 Å². The second-order valence-electron chi connectivity index (χ2n) is 3.46. The van der Waals surface area contributed by atoms with Gasteiger partial charge in [0.05, 0.1) is 11.9 Å². The first-order chi connectivity index (χ1) is 6.05. The summed E-state index contributed by atoms with van der Waals surface area (Å²) >= 11 is 0. The van der Waals surface area contributed by atoms with Crippen molar-refractivity contribution in [3.8, 4) is 0 Å². The summed E-state index contributed by atoms with van der Waals surface area (Å²) in [4.78, 5) is 5.03. The highest BCUT2D eigenvalue weighted by molar-refractivity contribution is 7.91. The number of hydrogen-bond acceptors (Lipinski definition) is 4. The van der Waals surface area contributed by atoms with E-state index in [1.165, 1.54) is 6.26 Å². The molecule has 0 aromatic rings. The molecule has 1 saturated carbocycles. The lowest BCUT2D eigenvalue weighted by Gasteiger charge is -2.18. The van der Waals surface area contributed by atoms with Crippen molar-refractivity contribution in [2.24, 2.45) is 0 Å². The molecular formula is C8H17NO3S. The topological polar surface area (TPSA) is 55.4 Å². The second-order valence-corrected chi connectivity index (χ2v) is 5.72. The predicted octanol–water partition coefficient (Wildman–Crippen LogP) is 0.493. The zero-order valence-electron chi connectivity index (χ0n) is 8.12. The Morgan fingerprint density at radius 1 is 1.46 bits per heavy atom. The predicted molar refractivity (Wildman–Crippen MR) is 51.0 cm³/mol. The van der Waals surface area contributed by atoms with Gasteiger partial charge < -0.3 is 4.84 Å². The van der Waals surface area contributed by atoms with E-state index in [0.717, 1.165) is 19.3 Å². The van der Waals surface area contributed by atoms with Crippen LogP contribution < -0.4 is 5.48 Å². The third-order valence-corrected chi connectivity index (χ3v) is 4.05. The monoisotopic (exact) mass is 207 g/mol. The Bertz CT molecular complexity index is 250. The fraction of sp³-hybridized carbons (Fsp3) is 1.00. The van der Waals surface area contributed by atoms with E-state index < -0.39 is 9.84 Å². The summed E-state index contributed by atoms with van der Waals surface area (Å²) in [6, 6.07) is -0.0186. The van der Waals surface area contributed by atoms with Crippen LogP contribution in [-0.4, -0.2) is 32.6 Å². The van der Waals surface area contributed by atoms with Gasteiger partial charge in [0.2, 0.25) is 0 Å². The van der Waals surface area contributed by atoms with Gasteiger partial charge in [-0.2, -0.15) is 5.48 Å². The standard InChI is InChI=1S/C8H17NO3S/c1-3-12-9-7-5-4-6-8(7)13(2,10)11/h7-9H,3-6H2,1-2H3. The Labute approximate surface area is 79.5 Å². The molecule has 0 bridgehead atoms. The molecule has 1 N–H and O–H groups in total. The quantitative estimate of drug-likeness (QED) is 0.682. The highest BCUT2D eigenvalue weighted by atomic mass is 32.2. The number of sulfone groups is 1. The molecule has 1 aliphatic carbocycles. The zero-order valence-corrected chi connectivity index (χ0v) is 8.93. The van der Waals surface area contributed by atoms with E-state index in [2.05, 4.69) is 5.48 Å². The molecule has 0 aliphatic heterocycles. The summed E-state index contributed by atoms with van der Waals surface area (Å²) in [5, 5.41) is -0.265. The van der Waals surface area contributed by atoms with Gasteiger partial charge >= 0.3 is 0 Å². The maximum absolute atomic E-state index is 11.3. The van der Waals surface area contributed by atoms with Crippen LogP contribution in [0.3, 0.4) is 0 Å². The van der Waals surface area contributed by atoms with Crippen molar-refractivity contribution in [2.45, 2.75) is 37.5 Å². The molecule has 0 aromatic heterocycles. The molecule has 0 aromatic carbocycles. The summed E-state index contributed by atoms with van der Waals surface area (Å²) in [5.41, 5.74) is 2.81. The van der Waals surface area contributed by atoms with Crippen molar-refractivity contribution in [2.75, 3.05) is 12.9 Å². The van der Waals surface area contributed by atoms with Crippen molar-refractivity contribution in [3.63, 3.8) is 0 Å². The molecular weight excluding hydrogens is 190 g/mol. The maximum atomic E-state index is 11.3. The molecule has 1 rings (SSSR count). The molecule has 2 atom stereocenters. The lowest BCUT2D eigenvalue weighted by Crippen LogP contribution is -2.39. The largest absolute Gasteiger partial charge is 0.302 e. The maximum Gasteiger partial charge on any atom is 0.151 e. The first-order valence-electron chi connectivity index (χ1n) is 4.62. The van der Waals surface area contributed by atoms with E-state index in [-0.39, 0.29) is 11.3 Å². The van der Waals surface area contributed by atoms with E-state index in [1.54, 1.807) is 0 Å². The Morgan fingerprint density at radius 3 is 2.69 bits per heavy atom. The number of hydroxylamine groups is 1. The third kappa shape index (κ3) is 2.93. The van der Waals surface area contributed by atoms with Crippen LogP contribution in [0.4, 0.5) is 0 Å². The van der Waals surface area contributed by atoms with Gasteiger partial charge in [0.1, 0.15) is 0 Å². The Morgan fingerprint density at radius 2 is 2.15 bits per heavy atom. The number of rotatable bonds is 4. The van der Waals surface area contributed by atoms with Crippen LogP contribution in [0.5, 0.6) is 0 Å². The molecule has 0 amide bonds. The van der Waals surface area contributed by atoms with Gasteiger partial charge in [-0.25, -0.2) is 8.42 Å². The smallest absolute Gasteiger partial charge is 0.151 e. The fourth-order valence-electron chi connectivity index (χ4n) is 1.76. The molecule has 2 unspecified atom stereocenters. The lowest BCUT2D eigenvalue weighted by molar-refractivity contribution is 0.0269. The Kier molecular flexibility index (Phi) is 3.70. The molecule has 0 radical (unpaired) electrons. The Hall–Kier alpha value is -0.130. The van der Waals surface area contributed by atoms with Crippen molar-refractivity contribution >= 4 is 9.84 Å². The first kappa shape index (κ1) is 10.9. The average molecular weight is 207 g/mol. The highest BCUT2D eigenvalue weighted by Crippen LogP contribution is 2.24. The van der Waals surface area contributed by atoms with E-state index in [1.807, 2.05) is 6.92 Å². The minimum atomic E-state index is -2.92. The van der Waals surface area contributed by atoms with Crippen LogP contribution in [0.1, 0.15) is 26.2 Å². The lowest BCUT2D eigenvalue weighted by atomic mass is 10.3. The van der Waals surface area contributed by atoms with Gasteiger partial charge in [0, 0.05) is 12.3 Å². The minimum absolute atomic E-state index is 0.0186. The van der Waals surface area contributed by atoms with Crippen LogP contribution in [-0.2, 0) is 14.7 Å². The van der Waals surface area contributed by atoms with Gasteiger partial charge in [-0.05, 0) is 19.8 Å². The molecule has 4 nitrogen and oxygen atoms in total. The summed E-state index contributed by atoms with van der Waals surface area (Å²) in [7, 11) is -2.92. The zero-order chi connectivity index (χ0) is 9.90. The molecule has 0 saturated heterocycles. The van der Waals surface area contributed by atoms with E-state index in [9.17, 15) is 8.42 Å². The fourth-order valence-corrected chi connectivity index (χ4v) is 3.15. The molecule has 0 heterocycles. The Balaban J connectivity index is 2.54. The average Bonchev–Trinajstić information content (AvgIpc) is 2.47. The SMILES string of the molecule is CCONC1CCCC1S(C)(=O)=O. The molecule has 1 fully saturated rings. The first-order valence-corrected chi connectivity index (χ1v) is 6.57. The molecule has 13 heavy (non-hydrogen) atoms. The number of nitrogens with one attached hydrogen (secondary N) is 1. The van der Waals surface area contributed by atoms with Gasteiger partial charge in [-0.3, -0.25) is 0 Å². The van der Waals surface area contributed by atoms with Crippen molar-refractivity contribution in [1.29, 1.82) is 0 Å². The van der Waals surface area contributed by atoms with Crippen LogP contribution >= 0.6 is 0 Å². The molecule has 5 heteroatoms. The number of hydrogen-bond donors (Lipinski definition) is 1. The molecule has 1 aliphatic rings. The van der Waals surface area contributed by atoms with Crippen LogP contribution in [0.25, 0.3) is 0 Å².